The Bertz CT molecular complexity index is 2080. The zero-order valence-electron chi connectivity index (χ0n) is 31.5. The monoisotopic (exact) mass is 828 g/mol. The zero-order valence-corrected chi connectivity index (χ0v) is 32.3. The van der Waals surface area contributed by atoms with E-state index in [1.54, 1.807) is 12.2 Å². The lowest BCUT2D eigenvalue weighted by molar-refractivity contribution is -0.143. The molecule has 4 aliphatic rings. The van der Waals surface area contributed by atoms with Crippen molar-refractivity contribution in [1.82, 2.24) is 30.2 Å². The van der Waals surface area contributed by atoms with Gasteiger partial charge in [0.25, 0.3) is 5.91 Å². The van der Waals surface area contributed by atoms with Crippen LogP contribution in [0.25, 0.3) is 11.0 Å². The van der Waals surface area contributed by atoms with E-state index < -0.39 is 116 Å². The summed E-state index contributed by atoms with van der Waals surface area (Å²) in [6.45, 7) is 2.75. The number of allylic oxidation sites excluding steroid dienone is 1. The minimum Gasteiger partial charge on any atom is -0.494 e. The number of alkyl halides is 3. The van der Waals surface area contributed by atoms with Crippen molar-refractivity contribution < 1.29 is 64.5 Å². The Labute approximate surface area is 325 Å². The Balaban J connectivity index is 1.39. The average molecular weight is 829 g/mol. The number of nitrogens with zero attached hydrogens (tertiary/aromatic N) is 3. The molecule has 0 spiro atoms. The zero-order chi connectivity index (χ0) is 41.7. The molecule has 21 heteroatoms. The minimum absolute atomic E-state index is 0.00818. The second-order valence-electron chi connectivity index (χ2n) is 15.5. The van der Waals surface area contributed by atoms with Gasteiger partial charge in [0.2, 0.25) is 33.4 Å². The summed E-state index contributed by atoms with van der Waals surface area (Å²) in [6, 6.07) is -1.32. The molecule has 0 radical (unpaired) electrons. The number of ether oxygens (including phenoxy) is 3. The maximum absolute atomic E-state index is 14.5. The van der Waals surface area contributed by atoms with E-state index in [1.165, 1.54) is 14.0 Å². The fourth-order valence-corrected chi connectivity index (χ4v) is 8.86. The van der Waals surface area contributed by atoms with Crippen molar-refractivity contribution in [2.24, 2.45) is 17.8 Å². The van der Waals surface area contributed by atoms with Crippen LogP contribution in [0.15, 0.2) is 24.3 Å². The lowest BCUT2D eigenvalue weighted by Gasteiger charge is -2.33. The Morgan fingerprint density at radius 3 is 2.46 bits per heavy atom. The third-order valence-electron chi connectivity index (χ3n) is 11.2. The molecule has 1 saturated heterocycles. The first-order valence-electron chi connectivity index (χ1n) is 18.4. The number of sulfonamides is 1. The summed E-state index contributed by atoms with van der Waals surface area (Å²) in [6.07, 6.45) is -3.02. The van der Waals surface area contributed by atoms with Gasteiger partial charge in [0.15, 0.2) is 11.6 Å². The van der Waals surface area contributed by atoms with E-state index >= 15 is 0 Å². The molecule has 2 saturated carbocycles. The normalized spacial score (nSPS) is 28.9. The van der Waals surface area contributed by atoms with Crippen LogP contribution in [-0.4, -0.2) is 108 Å². The van der Waals surface area contributed by atoms with E-state index in [9.17, 15) is 50.3 Å². The first-order valence-corrected chi connectivity index (χ1v) is 19.8. The molecule has 0 unspecified atom stereocenters. The summed E-state index contributed by atoms with van der Waals surface area (Å²) in [5, 5.41) is 14.7. The highest BCUT2D eigenvalue weighted by atomic mass is 32.2. The van der Waals surface area contributed by atoms with Crippen LogP contribution in [0.3, 0.4) is 0 Å². The quantitative estimate of drug-likeness (QED) is 0.212. The number of amides is 4. The van der Waals surface area contributed by atoms with E-state index in [0.29, 0.717) is 38.2 Å². The number of benzene rings is 1. The summed E-state index contributed by atoms with van der Waals surface area (Å²) >= 11 is 0. The maximum atomic E-state index is 14.5. The van der Waals surface area contributed by atoms with Crippen molar-refractivity contribution >= 4 is 44.9 Å². The number of aromatic nitrogens is 2. The summed E-state index contributed by atoms with van der Waals surface area (Å²) in [4.78, 5) is 63.3. The second kappa shape index (κ2) is 15.5. The van der Waals surface area contributed by atoms with Gasteiger partial charge < -0.3 is 34.9 Å². The molecule has 4 N–H and O–H groups in total. The van der Waals surface area contributed by atoms with E-state index in [1.807, 2.05) is 6.92 Å². The van der Waals surface area contributed by atoms with Crippen molar-refractivity contribution in [3.05, 3.63) is 35.8 Å². The van der Waals surface area contributed by atoms with Crippen molar-refractivity contribution in [2.75, 3.05) is 27.4 Å². The fraction of sp³-hybridized carbons (Fsp3) is 0.611. The van der Waals surface area contributed by atoms with Gasteiger partial charge in [-0.3, -0.25) is 19.1 Å². The van der Waals surface area contributed by atoms with Gasteiger partial charge in [0, 0.05) is 37.5 Å². The minimum atomic E-state index is -5.16. The van der Waals surface area contributed by atoms with E-state index in [2.05, 4.69) is 25.3 Å². The molecule has 6 rings (SSSR count). The van der Waals surface area contributed by atoms with Gasteiger partial charge in [-0.25, -0.2) is 27.6 Å². The summed E-state index contributed by atoms with van der Waals surface area (Å²) in [7, 11) is -1.63. The third-order valence-corrected chi connectivity index (χ3v) is 13.4. The number of hydrogen-bond donors (Lipinski definition) is 4. The average Bonchev–Trinajstić information content (AvgIpc) is 4.01. The van der Waals surface area contributed by atoms with Crippen molar-refractivity contribution in [3.8, 4) is 11.6 Å². The molecule has 57 heavy (non-hydrogen) atoms. The van der Waals surface area contributed by atoms with E-state index in [-0.39, 0.29) is 30.2 Å². The predicted octanol–water partition coefficient (Wildman–Crippen LogP) is 3.29. The largest absolute Gasteiger partial charge is 0.494 e. The Morgan fingerprint density at radius 1 is 1.12 bits per heavy atom. The van der Waals surface area contributed by atoms with Crippen molar-refractivity contribution in [3.63, 3.8) is 0 Å². The first kappa shape index (κ1) is 41.8. The third kappa shape index (κ3) is 8.58. The number of hydrogen-bond acceptors (Lipinski definition) is 11. The van der Waals surface area contributed by atoms with E-state index in [0.717, 1.165) is 18.1 Å². The topological polar surface area (TPSA) is 215 Å². The number of carboxylic acid groups (broad SMARTS) is 1. The number of nitrogens with one attached hydrogen (secondary N) is 3. The molecule has 2 aliphatic heterocycles. The number of halogens is 4. The number of carbonyl (C=O) groups is 4. The van der Waals surface area contributed by atoms with Gasteiger partial charge in [-0.15, -0.1) is 0 Å². The number of rotatable bonds is 9. The molecule has 2 aliphatic carbocycles. The van der Waals surface area contributed by atoms with Crippen LogP contribution >= 0.6 is 0 Å². The number of fused-ring (bicyclic) bond motifs is 3. The molecule has 1 aromatic heterocycles. The number of methoxy groups -OCH3 is 2. The molecule has 2 aromatic rings. The van der Waals surface area contributed by atoms with Crippen LogP contribution in [0.4, 0.5) is 22.4 Å². The lowest BCUT2D eigenvalue weighted by atomic mass is 9.87. The summed E-state index contributed by atoms with van der Waals surface area (Å²) in [5.74, 6) is -6.73. The van der Waals surface area contributed by atoms with Gasteiger partial charge in [0.1, 0.15) is 23.7 Å². The molecule has 0 bridgehead atoms. The summed E-state index contributed by atoms with van der Waals surface area (Å²) < 4.78 is 101. The van der Waals surface area contributed by atoms with Crippen molar-refractivity contribution in [2.45, 2.75) is 93.4 Å². The van der Waals surface area contributed by atoms with Crippen LogP contribution < -0.4 is 24.8 Å². The SMILES string of the molecule is COC[C@@H]1C[C@H](C)CCC=C[C@@H]2C[C@@]2(C(=O)NS(=O)(=O)C2(C)CC2)NC(=O)[C@@H]2C[C@@H](Oc3nc4cc(OC)c(F)cc4nc3C(F)(F)F)CN2C(=O)[C@H]1NC(=O)O. The Morgan fingerprint density at radius 2 is 1.82 bits per heavy atom. The van der Waals surface area contributed by atoms with Gasteiger partial charge >= 0.3 is 12.3 Å². The molecule has 1 aromatic carbocycles. The predicted molar refractivity (Wildman–Crippen MR) is 192 cm³/mol. The van der Waals surface area contributed by atoms with Gasteiger partial charge in [-0.1, -0.05) is 19.1 Å². The molecule has 312 valence electrons. The Kier molecular flexibility index (Phi) is 11.4. The van der Waals surface area contributed by atoms with Crippen molar-refractivity contribution in [1.29, 1.82) is 0 Å². The smallest absolute Gasteiger partial charge is 0.438 e. The molecular formula is C36H44F4N6O10S. The van der Waals surface area contributed by atoms with Crippen LogP contribution in [0.5, 0.6) is 11.6 Å². The van der Waals surface area contributed by atoms with Crippen LogP contribution in [0, 0.1) is 23.6 Å². The highest BCUT2D eigenvalue weighted by molar-refractivity contribution is 7.91. The highest BCUT2D eigenvalue weighted by Crippen LogP contribution is 2.48. The number of carbonyl (C=O) groups excluding carboxylic acids is 3. The highest BCUT2D eigenvalue weighted by Gasteiger charge is 2.63. The van der Waals surface area contributed by atoms with Gasteiger partial charge in [0.05, 0.1) is 36.0 Å². The van der Waals surface area contributed by atoms with E-state index in [4.69, 9.17) is 14.2 Å². The molecule has 7 atom stereocenters. The summed E-state index contributed by atoms with van der Waals surface area (Å²) in [5.41, 5.74) is -4.06. The maximum Gasteiger partial charge on any atom is 0.438 e. The Hall–Kier alpha value is -4.79. The second-order valence-corrected chi connectivity index (χ2v) is 17.7. The molecule has 3 heterocycles. The standard InChI is InChI=1S/C36H44F4N6O10S/c1-18-7-5-6-8-20-15-35(20,32(49)45-57(52,53)34(2)9-10-34)44-29(47)25-12-21(16-46(25)31(48)27(43-33(50)51)19(11-18)17-54-3)56-30-28(36(38,39)40)41-23-13-22(37)26(55-4)14-24(23)42-30/h6,8,13-14,18-21,25,27,43H,5,7,9-12,15-17H2,1-4H3,(H,44,47)(H,45,49)(H,50,51)/t18-,19+,20-,21-,25+,27+,35-/m1/s1. The fourth-order valence-electron chi connectivity index (χ4n) is 7.55. The van der Waals surface area contributed by atoms with Crippen LogP contribution in [-0.2, 0) is 35.3 Å². The van der Waals surface area contributed by atoms with Crippen LogP contribution in [0.2, 0.25) is 0 Å². The van der Waals surface area contributed by atoms with Crippen LogP contribution in [0.1, 0.15) is 64.5 Å². The molecule has 3 fully saturated rings. The molecule has 4 amide bonds. The van der Waals surface area contributed by atoms with Gasteiger partial charge in [-0.2, -0.15) is 13.2 Å². The lowest BCUT2D eigenvalue weighted by Crippen LogP contribution is -2.59. The molecule has 16 nitrogen and oxygen atoms in total. The van der Waals surface area contributed by atoms with Gasteiger partial charge in [-0.05, 0) is 51.4 Å². The molecular weight excluding hydrogens is 784 g/mol. The first-order chi connectivity index (χ1) is 26.7.